The fourth-order valence-electron chi connectivity index (χ4n) is 2.60. The molecule has 3 heteroatoms. The molecule has 2 aromatic rings. The Kier molecular flexibility index (Phi) is 2.05. The summed E-state index contributed by atoms with van der Waals surface area (Å²) in [6, 6.07) is 6.27. The van der Waals surface area contributed by atoms with Gasteiger partial charge < -0.3 is 10.1 Å². The fraction of sp³-hybridized carbons (Fsp3) is 0.357. The molecule has 0 unspecified atom stereocenters. The predicted octanol–water partition coefficient (Wildman–Crippen LogP) is 2.98. The molecule has 1 aliphatic carbocycles. The average Bonchev–Trinajstić information content (AvgIpc) is 2.97. The number of rotatable bonds is 3. The zero-order valence-electron chi connectivity index (χ0n) is 9.79. The topological polar surface area (TPSA) is 53.1 Å². The number of carboxylic acid groups (broad SMARTS) is 1. The Labute approximate surface area is 99.5 Å². The van der Waals surface area contributed by atoms with Crippen molar-refractivity contribution in [1.29, 1.82) is 0 Å². The van der Waals surface area contributed by atoms with Crippen LogP contribution < -0.4 is 0 Å². The number of aromatic nitrogens is 1. The number of aliphatic carboxylic acids is 1. The molecule has 1 fully saturated rings. The van der Waals surface area contributed by atoms with Crippen molar-refractivity contribution in [2.24, 2.45) is 0 Å². The summed E-state index contributed by atoms with van der Waals surface area (Å²) in [6.07, 6.45) is 4.23. The minimum atomic E-state index is -0.701. The molecule has 1 aromatic carbocycles. The van der Waals surface area contributed by atoms with Crippen LogP contribution in [0.25, 0.3) is 10.9 Å². The summed E-state index contributed by atoms with van der Waals surface area (Å²) in [5, 5.41) is 10.2. The Morgan fingerprint density at radius 2 is 2.24 bits per heavy atom. The first kappa shape index (κ1) is 10.4. The van der Waals surface area contributed by atoms with E-state index in [1.54, 1.807) is 0 Å². The Bertz CT molecular complexity index is 593. The van der Waals surface area contributed by atoms with Gasteiger partial charge in [-0.3, -0.25) is 4.79 Å². The number of fused-ring (bicyclic) bond motifs is 1. The summed E-state index contributed by atoms with van der Waals surface area (Å²) in [7, 11) is 0. The summed E-state index contributed by atoms with van der Waals surface area (Å²) in [5.74, 6) is -0.701. The van der Waals surface area contributed by atoms with E-state index in [1.807, 2.05) is 6.20 Å². The molecule has 0 atom stereocenters. The molecule has 0 bridgehead atoms. The predicted molar refractivity (Wildman–Crippen MR) is 66.2 cm³/mol. The zero-order chi connectivity index (χ0) is 12.0. The maximum atomic E-state index is 10.9. The number of aromatic amines is 1. The van der Waals surface area contributed by atoms with E-state index in [1.165, 1.54) is 16.5 Å². The Balaban J connectivity index is 2.06. The van der Waals surface area contributed by atoms with E-state index >= 15 is 0 Å². The van der Waals surface area contributed by atoms with Crippen molar-refractivity contribution < 1.29 is 9.90 Å². The highest BCUT2D eigenvalue weighted by atomic mass is 16.4. The average molecular weight is 229 g/mol. The summed E-state index contributed by atoms with van der Waals surface area (Å²) in [4.78, 5) is 14.1. The Morgan fingerprint density at radius 3 is 2.88 bits per heavy atom. The molecule has 1 heterocycles. The number of H-pyrrole nitrogens is 1. The molecule has 0 spiro atoms. The molecule has 3 rings (SSSR count). The van der Waals surface area contributed by atoms with Crippen LogP contribution in [0.5, 0.6) is 0 Å². The summed E-state index contributed by atoms with van der Waals surface area (Å²) < 4.78 is 0. The lowest BCUT2D eigenvalue weighted by Crippen LogP contribution is -2.12. The number of carbonyl (C=O) groups is 1. The normalized spacial score (nSPS) is 17.2. The van der Waals surface area contributed by atoms with Crippen LogP contribution in [0.15, 0.2) is 24.4 Å². The fourth-order valence-corrected chi connectivity index (χ4v) is 2.60. The zero-order valence-corrected chi connectivity index (χ0v) is 9.79. The van der Waals surface area contributed by atoms with Crippen LogP contribution >= 0.6 is 0 Å². The minimum Gasteiger partial charge on any atom is -0.481 e. The standard InChI is InChI=1S/C14H15NO2/c1-9-8-15-12-3-2-10(6-11(9)12)14(4-5-14)7-13(16)17/h2-3,6,8,15H,4-5,7H2,1H3,(H,16,17). The van der Waals surface area contributed by atoms with Gasteiger partial charge >= 0.3 is 5.97 Å². The monoisotopic (exact) mass is 229 g/mol. The highest BCUT2D eigenvalue weighted by Crippen LogP contribution is 2.51. The van der Waals surface area contributed by atoms with E-state index in [9.17, 15) is 4.79 Å². The third-order valence-electron chi connectivity index (χ3n) is 3.84. The first-order valence-electron chi connectivity index (χ1n) is 5.91. The molecular formula is C14H15NO2. The van der Waals surface area contributed by atoms with E-state index in [0.29, 0.717) is 0 Å². The molecule has 0 aliphatic heterocycles. The van der Waals surface area contributed by atoms with Gasteiger partial charge in [0, 0.05) is 22.5 Å². The SMILES string of the molecule is Cc1c[nH]c2ccc(C3(CC(=O)O)CC3)cc12. The molecule has 17 heavy (non-hydrogen) atoms. The molecule has 3 nitrogen and oxygen atoms in total. The molecular weight excluding hydrogens is 214 g/mol. The second-order valence-corrected chi connectivity index (χ2v) is 5.08. The quantitative estimate of drug-likeness (QED) is 0.850. The number of hydrogen-bond donors (Lipinski definition) is 2. The Morgan fingerprint density at radius 1 is 1.47 bits per heavy atom. The second-order valence-electron chi connectivity index (χ2n) is 5.08. The van der Waals surface area contributed by atoms with E-state index in [-0.39, 0.29) is 11.8 Å². The lowest BCUT2D eigenvalue weighted by molar-refractivity contribution is -0.137. The Hall–Kier alpha value is -1.77. The molecule has 1 aromatic heterocycles. The lowest BCUT2D eigenvalue weighted by Gasteiger charge is -2.13. The number of benzene rings is 1. The van der Waals surface area contributed by atoms with Gasteiger partial charge in [-0.05, 0) is 43.0 Å². The molecule has 2 N–H and O–H groups in total. The minimum absolute atomic E-state index is 0.0935. The lowest BCUT2D eigenvalue weighted by atomic mass is 9.91. The number of aryl methyl sites for hydroxylation is 1. The molecule has 1 aliphatic rings. The third kappa shape index (κ3) is 1.62. The maximum absolute atomic E-state index is 10.9. The van der Waals surface area contributed by atoms with Gasteiger partial charge in [0.05, 0.1) is 6.42 Å². The van der Waals surface area contributed by atoms with Gasteiger partial charge in [0.15, 0.2) is 0 Å². The third-order valence-corrected chi connectivity index (χ3v) is 3.84. The largest absolute Gasteiger partial charge is 0.481 e. The van der Waals surface area contributed by atoms with Gasteiger partial charge in [0.25, 0.3) is 0 Å². The van der Waals surface area contributed by atoms with Gasteiger partial charge in [0.2, 0.25) is 0 Å². The van der Waals surface area contributed by atoms with E-state index < -0.39 is 5.97 Å². The maximum Gasteiger partial charge on any atom is 0.304 e. The summed E-state index contributed by atoms with van der Waals surface area (Å²) in [6.45, 7) is 2.07. The van der Waals surface area contributed by atoms with Gasteiger partial charge in [0.1, 0.15) is 0 Å². The highest BCUT2D eigenvalue weighted by molar-refractivity contribution is 5.84. The van der Waals surface area contributed by atoms with Gasteiger partial charge in [-0.1, -0.05) is 6.07 Å². The van der Waals surface area contributed by atoms with Gasteiger partial charge in [-0.15, -0.1) is 0 Å². The number of nitrogens with one attached hydrogen (secondary N) is 1. The van der Waals surface area contributed by atoms with Crippen LogP contribution in [-0.4, -0.2) is 16.1 Å². The summed E-state index contributed by atoms with van der Waals surface area (Å²) >= 11 is 0. The molecule has 88 valence electrons. The van der Waals surface area contributed by atoms with E-state index in [0.717, 1.165) is 18.4 Å². The van der Waals surface area contributed by atoms with Crippen LogP contribution in [0, 0.1) is 6.92 Å². The highest BCUT2D eigenvalue weighted by Gasteiger charge is 2.45. The molecule has 0 radical (unpaired) electrons. The first-order valence-corrected chi connectivity index (χ1v) is 5.91. The number of hydrogen-bond acceptors (Lipinski definition) is 1. The summed E-state index contributed by atoms with van der Waals surface area (Å²) in [5.41, 5.74) is 3.42. The first-order chi connectivity index (χ1) is 8.11. The van der Waals surface area contributed by atoms with Crippen LogP contribution in [0.1, 0.15) is 30.4 Å². The van der Waals surface area contributed by atoms with Crippen molar-refractivity contribution in [2.45, 2.75) is 31.6 Å². The van der Waals surface area contributed by atoms with Gasteiger partial charge in [-0.25, -0.2) is 0 Å². The second kappa shape index (κ2) is 3.36. The van der Waals surface area contributed by atoms with Crippen LogP contribution in [-0.2, 0) is 10.2 Å². The van der Waals surface area contributed by atoms with Crippen molar-refractivity contribution in [2.75, 3.05) is 0 Å². The van der Waals surface area contributed by atoms with Crippen molar-refractivity contribution in [3.05, 3.63) is 35.5 Å². The van der Waals surface area contributed by atoms with Crippen molar-refractivity contribution >= 4 is 16.9 Å². The number of carboxylic acids is 1. The molecule has 0 saturated heterocycles. The molecule has 1 saturated carbocycles. The van der Waals surface area contributed by atoms with Crippen LogP contribution in [0.4, 0.5) is 0 Å². The van der Waals surface area contributed by atoms with Crippen molar-refractivity contribution in [1.82, 2.24) is 4.98 Å². The van der Waals surface area contributed by atoms with Crippen LogP contribution in [0.3, 0.4) is 0 Å². The van der Waals surface area contributed by atoms with Crippen molar-refractivity contribution in [3.63, 3.8) is 0 Å². The van der Waals surface area contributed by atoms with Crippen molar-refractivity contribution in [3.8, 4) is 0 Å². The molecule has 0 amide bonds. The van der Waals surface area contributed by atoms with E-state index in [4.69, 9.17) is 5.11 Å². The van der Waals surface area contributed by atoms with Crippen LogP contribution in [0.2, 0.25) is 0 Å². The van der Waals surface area contributed by atoms with Gasteiger partial charge in [-0.2, -0.15) is 0 Å². The van der Waals surface area contributed by atoms with E-state index in [2.05, 4.69) is 30.1 Å². The smallest absolute Gasteiger partial charge is 0.304 e.